The SMILES string of the molecule is C=C(C)C(=O)OC1(C(F)(F)F)OC(C2CCCCC2)(C(F)(F)F)C(F)(F)C(C)(O)C1(F)F. The zero-order chi connectivity index (χ0) is 25.2. The largest absolute Gasteiger partial charge is 0.462 e. The number of esters is 1. The van der Waals surface area contributed by atoms with Crippen molar-refractivity contribution in [1.82, 2.24) is 0 Å². The molecule has 1 saturated heterocycles. The maximum atomic E-state index is 15.2. The van der Waals surface area contributed by atoms with E-state index in [4.69, 9.17) is 0 Å². The van der Waals surface area contributed by atoms with E-state index in [1.807, 2.05) is 0 Å². The minimum atomic E-state index is -6.69. The van der Waals surface area contributed by atoms with Crippen molar-refractivity contribution in [2.45, 2.75) is 87.1 Å². The molecular formula is C18H20F10O4. The van der Waals surface area contributed by atoms with Crippen LogP contribution in [0.25, 0.3) is 0 Å². The Morgan fingerprint density at radius 2 is 1.44 bits per heavy atom. The minimum Gasteiger partial charge on any atom is -0.414 e. The van der Waals surface area contributed by atoms with Gasteiger partial charge < -0.3 is 14.6 Å². The normalized spacial score (nSPS) is 35.9. The van der Waals surface area contributed by atoms with Gasteiger partial charge in [-0.05, 0) is 26.7 Å². The van der Waals surface area contributed by atoms with Crippen molar-refractivity contribution in [3.63, 3.8) is 0 Å². The fourth-order valence-corrected chi connectivity index (χ4v) is 4.15. The Morgan fingerprint density at radius 3 is 1.81 bits per heavy atom. The van der Waals surface area contributed by atoms with Gasteiger partial charge in [0, 0.05) is 11.5 Å². The first kappa shape index (κ1) is 26.7. The van der Waals surface area contributed by atoms with Crippen molar-refractivity contribution in [3.05, 3.63) is 12.2 Å². The lowest BCUT2D eigenvalue weighted by Crippen LogP contribution is -2.88. The van der Waals surface area contributed by atoms with E-state index in [9.17, 15) is 45.0 Å². The highest BCUT2D eigenvalue weighted by molar-refractivity contribution is 5.87. The second-order valence-corrected chi connectivity index (χ2v) is 8.18. The van der Waals surface area contributed by atoms with Gasteiger partial charge in [0.1, 0.15) is 0 Å². The smallest absolute Gasteiger partial charge is 0.414 e. The molecule has 0 aromatic rings. The number of halogens is 10. The maximum absolute atomic E-state index is 15.2. The van der Waals surface area contributed by atoms with Gasteiger partial charge in [0.05, 0.1) is 0 Å². The van der Waals surface area contributed by atoms with E-state index < -0.39 is 78.4 Å². The average molecular weight is 490 g/mol. The lowest BCUT2D eigenvalue weighted by Gasteiger charge is -2.61. The van der Waals surface area contributed by atoms with Gasteiger partial charge in [-0.2, -0.15) is 43.9 Å². The number of rotatable bonds is 3. The fourth-order valence-electron chi connectivity index (χ4n) is 4.15. The van der Waals surface area contributed by atoms with E-state index in [1.165, 1.54) is 0 Å². The summed E-state index contributed by atoms with van der Waals surface area (Å²) in [7, 11) is 0. The number of hydrogen-bond acceptors (Lipinski definition) is 4. The molecule has 0 aromatic heterocycles. The summed E-state index contributed by atoms with van der Waals surface area (Å²) in [6, 6.07) is 0. The lowest BCUT2D eigenvalue weighted by molar-refractivity contribution is -0.562. The zero-order valence-corrected chi connectivity index (χ0v) is 16.8. The van der Waals surface area contributed by atoms with Crippen LogP contribution in [0, 0.1) is 5.92 Å². The van der Waals surface area contributed by atoms with Crippen LogP contribution in [-0.4, -0.2) is 52.3 Å². The van der Waals surface area contributed by atoms with Crippen LogP contribution < -0.4 is 0 Å². The molecular weight excluding hydrogens is 470 g/mol. The van der Waals surface area contributed by atoms with Crippen molar-refractivity contribution in [3.8, 4) is 0 Å². The molecule has 0 amide bonds. The molecule has 0 bridgehead atoms. The van der Waals surface area contributed by atoms with Crippen LogP contribution in [0.15, 0.2) is 12.2 Å². The molecule has 0 spiro atoms. The molecule has 186 valence electrons. The van der Waals surface area contributed by atoms with Gasteiger partial charge in [0.2, 0.25) is 5.60 Å². The third kappa shape index (κ3) is 3.23. The number of carbonyl (C=O) groups is 1. The molecule has 3 atom stereocenters. The third-order valence-electron chi connectivity index (χ3n) is 5.97. The van der Waals surface area contributed by atoms with Crippen LogP contribution in [-0.2, 0) is 14.3 Å². The lowest BCUT2D eigenvalue weighted by atomic mass is 9.64. The fraction of sp³-hybridized carbons (Fsp3) is 0.833. The van der Waals surface area contributed by atoms with Crippen molar-refractivity contribution in [2.75, 3.05) is 0 Å². The van der Waals surface area contributed by atoms with Crippen LogP contribution in [0.5, 0.6) is 0 Å². The van der Waals surface area contributed by atoms with Gasteiger partial charge in [-0.25, -0.2) is 4.79 Å². The summed E-state index contributed by atoms with van der Waals surface area (Å²) in [4.78, 5) is 11.8. The van der Waals surface area contributed by atoms with E-state index >= 15 is 8.78 Å². The Hall–Kier alpha value is -1.57. The molecule has 1 aliphatic heterocycles. The summed E-state index contributed by atoms with van der Waals surface area (Å²) in [5, 5.41) is 10.0. The predicted octanol–water partition coefficient (Wildman–Crippen LogP) is 5.30. The Kier molecular flexibility index (Phi) is 6.23. The van der Waals surface area contributed by atoms with E-state index in [1.54, 1.807) is 0 Å². The highest BCUT2D eigenvalue weighted by Gasteiger charge is 2.96. The number of carbonyl (C=O) groups excluding carboxylic acids is 1. The summed E-state index contributed by atoms with van der Waals surface area (Å²) < 4.78 is 152. The average Bonchev–Trinajstić information content (AvgIpc) is 2.61. The highest BCUT2D eigenvalue weighted by atomic mass is 19.4. The van der Waals surface area contributed by atoms with E-state index in [0.29, 0.717) is 6.92 Å². The molecule has 3 unspecified atom stereocenters. The maximum Gasteiger partial charge on any atom is 0.462 e. The molecule has 2 rings (SSSR count). The third-order valence-corrected chi connectivity index (χ3v) is 5.97. The topological polar surface area (TPSA) is 55.8 Å². The molecule has 2 fully saturated rings. The minimum absolute atomic E-state index is 0.148. The van der Waals surface area contributed by atoms with Crippen LogP contribution in [0.2, 0.25) is 0 Å². The molecule has 32 heavy (non-hydrogen) atoms. The number of hydrogen-bond donors (Lipinski definition) is 1. The Bertz CT molecular complexity index is 767. The van der Waals surface area contributed by atoms with Gasteiger partial charge >= 0.3 is 36.0 Å². The zero-order valence-electron chi connectivity index (χ0n) is 16.8. The number of ether oxygens (including phenoxy) is 2. The number of aliphatic hydroxyl groups is 1. The molecule has 4 nitrogen and oxygen atoms in total. The van der Waals surface area contributed by atoms with E-state index in [2.05, 4.69) is 16.1 Å². The summed E-state index contributed by atoms with van der Waals surface area (Å²) in [5.41, 5.74) is -11.5. The van der Waals surface area contributed by atoms with Crippen LogP contribution in [0.1, 0.15) is 46.0 Å². The van der Waals surface area contributed by atoms with Gasteiger partial charge in [0.15, 0.2) is 5.60 Å². The van der Waals surface area contributed by atoms with Crippen molar-refractivity contribution in [1.29, 1.82) is 0 Å². The summed E-state index contributed by atoms with van der Waals surface area (Å²) in [5.74, 6) is -22.9. The van der Waals surface area contributed by atoms with Crippen LogP contribution >= 0.6 is 0 Å². The van der Waals surface area contributed by atoms with Crippen LogP contribution in [0.3, 0.4) is 0 Å². The first-order chi connectivity index (χ1) is 14.1. The number of alkyl halides is 10. The van der Waals surface area contributed by atoms with E-state index in [0.717, 1.165) is 0 Å². The van der Waals surface area contributed by atoms with Crippen molar-refractivity contribution in [2.24, 2.45) is 5.92 Å². The second-order valence-electron chi connectivity index (χ2n) is 8.18. The molecule has 14 heteroatoms. The summed E-state index contributed by atoms with van der Waals surface area (Å²) in [6.45, 7) is 2.95. The molecule has 0 aromatic carbocycles. The summed E-state index contributed by atoms with van der Waals surface area (Å²) >= 11 is 0. The molecule has 1 heterocycles. The molecule has 2 aliphatic rings. The highest BCUT2D eigenvalue weighted by Crippen LogP contribution is 2.68. The van der Waals surface area contributed by atoms with Gasteiger partial charge in [0.25, 0.3) is 0 Å². The van der Waals surface area contributed by atoms with Gasteiger partial charge in [-0.1, -0.05) is 25.8 Å². The van der Waals surface area contributed by atoms with Crippen molar-refractivity contribution >= 4 is 5.97 Å². The standard InChI is InChI=1S/C18H20F10O4/c1-9(2)11(29)31-16(18(26,27)28)15(21,22)12(3,30)14(19,20)13(32-16,17(23,24)25)10-7-5-4-6-8-10/h10,30H,1,4-8H2,2-3H3. The molecule has 1 aliphatic carbocycles. The summed E-state index contributed by atoms with van der Waals surface area (Å²) in [6.07, 6.45) is -14.7. The monoisotopic (exact) mass is 490 g/mol. The molecule has 1 saturated carbocycles. The first-order valence-electron chi connectivity index (χ1n) is 9.34. The second kappa shape index (κ2) is 7.47. The quantitative estimate of drug-likeness (QED) is 0.332. The Labute approximate surface area is 175 Å². The Balaban J connectivity index is 2.98. The van der Waals surface area contributed by atoms with Gasteiger partial charge in [-0.3, -0.25) is 0 Å². The van der Waals surface area contributed by atoms with Crippen LogP contribution in [0.4, 0.5) is 43.9 Å². The first-order valence-corrected chi connectivity index (χ1v) is 9.34. The Morgan fingerprint density at radius 1 is 0.969 bits per heavy atom. The predicted molar refractivity (Wildman–Crippen MR) is 86.7 cm³/mol. The van der Waals surface area contributed by atoms with E-state index in [-0.39, 0.29) is 19.3 Å². The van der Waals surface area contributed by atoms with Gasteiger partial charge in [-0.15, -0.1) is 0 Å². The molecule has 0 radical (unpaired) electrons. The van der Waals surface area contributed by atoms with Crippen molar-refractivity contribution < 1.29 is 63.3 Å². The molecule has 1 N–H and O–H groups in total.